The first-order chi connectivity index (χ1) is 8.81. The summed E-state index contributed by atoms with van der Waals surface area (Å²) in [5.74, 6) is 0.869. The van der Waals surface area contributed by atoms with Crippen LogP contribution in [0.25, 0.3) is 0 Å². The Morgan fingerprint density at radius 2 is 1.56 bits per heavy atom. The van der Waals surface area contributed by atoms with Gasteiger partial charge in [-0.25, -0.2) is 0 Å². The summed E-state index contributed by atoms with van der Waals surface area (Å²) in [7, 11) is 0. The highest BCUT2D eigenvalue weighted by molar-refractivity contribution is 5.26. The van der Waals surface area contributed by atoms with E-state index in [2.05, 4.69) is 32.9 Å². The van der Waals surface area contributed by atoms with Crippen LogP contribution in [0, 0.1) is 5.92 Å². The van der Waals surface area contributed by atoms with E-state index in [-0.39, 0.29) is 0 Å². The molecule has 0 heteroatoms. The van der Waals surface area contributed by atoms with Gasteiger partial charge in [0, 0.05) is 0 Å². The van der Waals surface area contributed by atoms with Gasteiger partial charge in [0.25, 0.3) is 0 Å². The Bertz CT molecular complexity index is 270. The minimum absolute atomic E-state index is 0.869. The van der Waals surface area contributed by atoms with Crippen LogP contribution in [0.1, 0.15) is 85.0 Å². The van der Waals surface area contributed by atoms with Crippen molar-refractivity contribution in [3.8, 4) is 0 Å². The average molecular weight is 248 g/mol. The molecule has 1 rings (SSSR count). The molecule has 0 saturated heterocycles. The van der Waals surface area contributed by atoms with Crippen LogP contribution in [0.15, 0.2) is 23.3 Å². The van der Waals surface area contributed by atoms with Crippen molar-refractivity contribution >= 4 is 0 Å². The molecule has 0 radical (unpaired) electrons. The van der Waals surface area contributed by atoms with Gasteiger partial charge in [0.2, 0.25) is 0 Å². The molecule has 1 unspecified atom stereocenters. The van der Waals surface area contributed by atoms with Crippen LogP contribution in [0.2, 0.25) is 0 Å². The fourth-order valence-corrected chi connectivity index (χ4v) is 2.87. The predicted molar refractivity (Wildman–Crippen MR) is 82.8 cm³/mol. The Labute approximate surface area is 115 Å². The smallest absolute Gasteiger partial charge is 0.0163 e. The van der Waals surface area contributed by atoms with Crippen LogP contribution in [-0.2, 0) is 0 Å². The molecule has 18 heavy (non-hydrogen) atoms. The van der Waals surface area contributed by atoms with Gasteiger partial charge >= 0.3 is 0 Å². The second-order valence-corrected chi connectivity index (χ2v) is 5.82. The molecule has 0 heterocycles. The van der Waals surface area contributed by atoms with Crippen LogP contribution in [0.5, 0.6) is 0 Å². The van der Waals surface area contributed by atoms with Crippen molar-refractivity contribution in [2.24, 2.45) is 5.92 Å². The van der Waals surface area contributed by atoms with Crippen molar-refractivity contribution in [1.82, 2.24) is 0 Å². The van der Waals surface area contributed by atoms with Gasteiger partial charge in [-0.15, -0.1) is 0 Å². The van der Waals surface area contributed by atoms with E-state index in [1.807, 2.05) is 0 Å². The minimum Gasteiger partial charge on any atom is -0.0696 e. The zero-order valence-electron chi connectivity index (χ0n) is 12.8. The summed E-state index contributed by atoms with van der Waals surface area (Å²) in [5.41, 5.74) is 3.45. The average Bonchev–Trinajstić information content (AvgIpc) is 2.41. The predicted octanol–water partition coefficient (Wildman–Crippen LogP) is 6.43. The lowest BCUT2D eigenvalue weighted by molar-refractivity contribution is 0.490. The third-order valence-electron chi connectivity index (χ3n) is 4.14. The minimum atomic E-state index is 0.869. The molecule has 0 aromatic carbocycles. The molecule has 0 aromatic rings. The van der Waals surface area contributed by atoms with E-state index < -0.39 is 0 Å². The molecule has 0 aromatic heterocycles. The van der Waals surface area contributed by atoms with Gasteiger partial charge in [0.05, 0.1) is 0 Å². The third-order valence-corrected chi connectivity index (χ3v) is 4.14. The fraction of sp³-hybridized carbons (Fsp3) is 0.778. The third kappa shape index (κ3) is 5.42. The first-order valence-electron chi connectivity index (χ1n) is 8.20. The molecule has 0 fully saturated rings. The zero-order chi connectivity index (χ0) is 13.2. The molecule has 0 nitrogen and oxygen atoms in total. The SMILES string of the molecule is CCCCC1=CC=C(CCCC)C(CCCC)C1. The molecule has 0 spiro atoms. The molecule has 0 aliphatic heterocycles. The standard InChI is InChI=1S/C18H32/c1-4-7-10-16-13-14-17(11-8-5-2)18(15-16)12-9-6-3/h13-14,18H,4-12,15H2,1-3H3. The van der Waals surface area contributed by atoms with Crippen molar-refractivity contribution < 1.29 is 0 Å². The van der Waals surface area contributed by atoms with Crippen molar-refractivity contribution in [2.45, 2.75) is 85.0 Å². The van der Waals surface area contributed by atoms with E-state index in [0.29, 0.717) is 0 Å². The highest BCUT2D eigenvalue weighted by Gasteiger charge is 2.18. The first-order valence-corrected chi connectivity index (χ1v) is 8.20. The number of hydrogen-bond acceptors (Lipinski definition) is 0. The number of allylic oxidation sites excluding steroid dienone is 4. The second kappa shape index (κ2) is 9.42. The quantitative estimate of drug-likeness (QED) is 0.441. The molecule has 0 saturated carbocycles. The summed E-state index contributed by atoms with van der Waals surface area (Å²) in [6.45, 7) is 6.90. The van der Waals surface area contributed by atoms with Gasteiger partial charge in [-0.3, -0.25) is 0 Å². The molecule has 0 amide bonds. The summed E-state index contributed by atoms with van der Waals surface area (Å²) in [5, 5.41) is 0. The van der Waals surface area contributed by atoms with Gasteiger partial charge in [-0.1, -0.05) is 69.8 Å². The molecular weight excluding hydrogens is 216 g/mol. The fourth-order valence-electron chi connectivity index (χ4n) is 2.87. The largest absolute Gasteiger partial charge is 0.0696 e. The second-order valence-electron chi connectivity index (χ2n) is 5.82. The Balaban J connectivity index is 2.56. The molecule has 0 N–H and O–H groups in total. The van der Waals surface area contributed by atoms with Gasteiger partial charge in [-0.2, -0.15) is 0 Å². The van der Waals surface area contributed by atoms with Gasteiger partial charge in [0.15, 0.2) is 0 Å². The topological polar surface area (TPSA) is 0 Å². The molecule has 1 atom stereocenters. The summed E-state index contributed by atoms with van der Waals surface area (Å²) >= 11 is 0. The molecule has 104 valence electrons. The van der Waals surface area contributed by atoms with E-state index in [9.17, 15) is 0 Å². The van der Waals surface area contributed by atoms with Crippen LogP contribution < -0.4 is 0 Å². The Hall–Kier alpha value is -0.520. The van der Waals surface area contributed by atoms with Crippen LogP contribution in [0.4, 0.5) is 0 Å². The van der Waals surface area contributed by atoms with E-state index >= 15 is 0 Å². The monoisotopic (exact) mass is 248 g/mol. The first kappa shape index (κ1) is 15.5. The normalized spacial score (nSPS) is 19.6. The highest BCUT2D eigenvalue weighted by atomic mass is 14.2. The zero-order valence-corrected chi connectivity index (χ0v) is 12.8. The van der Waals surface area contributed by atoms with Crippen LogP contribution >= 0.6 is 0 Å². The van der Waals surface area contributed by atoms with E-state index in [1.165, 1.54) is 64.2 Å². The maximum atomic E-state index is 2.46. The summed E-state index contributed by atoms with van der Waals surface area (Å²) in [4.78, 5) is 0. The van der Waals surface area contributed by atoms with Crippen LogP contribution in [-0.4, -0.2) is 0 Å². The Morgan fingerprint density at radius 3 is 2.22 bits per heavy atom. The Kier molecular flexibility index (Phi) is 8.13. The number of rotatable bonds is 9. The number of unbranched alkanes of at least 4 members (excludes halogenated alkanes) is 3. The van der Waals surface area contributed by atoms with Gasteiger partial charge in [0.1, 0.15) is 0 Å². The van der Waals surface area contributed by atoms with Crippen molar-refractivity contribution in [1.29, 1.82) is 0 Å². The summed E-state index contributed by atoms with van der Waals surface area (Å²) < 4.78 is 0. The lowest BCUT2D eigenvalue weighted by atomic mass is 9.80. The number of hydrogen-bond donors (Lipinski definition) is 0. The molecule has 1 aliphatic carbocycles. The molecule has 1 aliphatic rings. The lowest BCUT2D eigenvalue weighted by Crippen LogP contribution is -2.10. The van der Waals surface area contributed by atoms with Crippen LogP contribution in [0.3, 0.4) is 0 Å². The molecular formula is C18H32. The summed E-state index contributed by atoms with van der Waals surface area (Å²) in [6, 6.07) is 0. The van der Waals surface area contributed by atoms with Crippen molar-refractivity contribution in [2.75, 3.05) is 0 Å². The van der Waals surface area contributed by atoms with Gasteiger partial charge in [-0.05, 0) is 44.4 Å². The highest BCUT2D eigenvalue weighted by Crippen LogP contribution is 2.34. The van der Waals surface area contributed by atoms with E-state index in [1.54, 1.807) is 11.1 Å². The lowest BCUT2D eigenvalue weighted by Gasteiger charge is -2.25. The Morgan fingerprint density at radius 1 is 0.889 bits per heavy atom. The van der Waals surface area contributed by atoms with E-state index in [4.69, 9.17) is 0 Å². The van der Waals surface area contributed by atoms with Gasteiger partial charge < -0.3 is 0 Å². The molecule has 0 bridgehead atoms. The van der Waals surface area contributed by atoms with E-state index in [0.717, 1.165) is 5.92 Å². The van der Waals surface area contributed by atoms with Crippen molar-refractivity contribution in [3.05, 3.63) is 23.3 Å². The summed E-state index contributed by atoms with van der Waals surface area (Å²) in [6.07, 6.45) is 18.4. The van der Waals surface area contributed by atoms with Crippen molar-refractivity contribution in [3.63, 3.8) is 0 Å². The maximum absolute atomic E-state index is 2.46. The maximum Gasteiger partial charge on any atom is -0.0163 e.